The summed E-state index contributed by atoms with van der Waals surface area (Å²) in [6.45, 7) is 2.16. The molecular formula is C26H46Cl2Si. The highest BCUT2D eigenvalue weighted by Crippen LogP contribution is 2.20. The Hall–Kier alpha value is 0.0169. The number of benzene rings is 1. The van der Waals surface area contributed by atoms with Crippen molar-refractivity contribution in [2.45, 2.75) is 129 Å². The van der Waals surface area contributed by atoms with Gasteiger partial charge in [-0.15, -0.1) is 22.2 Å². The summed E-state index contributed by atoms with van der Waals surface area (Å²) in [7, 11) is 0. The van der Waals surface area contributed by atoms with E-state index in [2.05, 4.69) is 38.1 Å². The Balaban J connectivity index is 1.88. The van der Waals surface area contributed by atoms with Crippen molar-refractivity contribution in [3.8, 4) is 0 Å². The Morgan fingerprint density at radius 1 is 0.552 bits per heavy atom. The third-order valence-corrected chi connectivity index (χ3v) is 11.1. The van der Waals surface area contributed by atoms with E-state index in [-0.39, 0.29) is 0 Å². The highest BCUT2D eigenvalue weighted by molar-refractivity contribution is 7.50. The summed E-state index contributed by atoms with van der Waals surface area (Å²) in [5.41, 5.74) is 1.42. The zero-order chi connectivity index (χ0) is 21.2. The molecule has 29 heavy (non-hydrogen) atoms. The van der Waals surface area contributed by atoms with Crippen LogP contribution in [0.3, 0.4) is 0 Å². The molecule has 1 aromatic carbocycles. The second-order valence-electron chi connectivity index (χ2n) is 8.81. The molecule has 0 unspecified atom stereocenters. The van der Waals surface area contributed by atoms with E-state index in [9.17, 15) is 0 Å². The van der Waals surface area contributed by atoms with Crippen LogP contribution in [-0.2, 0) is 6.42 Å². The van der Waals surface area contributed by atoms with Crippen molar-refractivity contribution in [1.82, 2.24) is 0 Å². The van der Waals surface area contributed by atoms with Gasteiger partial charge in [-0.1, -0.05) is 134 Å². The lowest BCUT2D eigenvalue weighted by Crippen LogP contribution is -2.35. The summed E-state index contributed by atoms with van der Waals surface area (Å²) < 4.78 is 0. The van der Waals surface area contributed by atoms with Crippen molar-refractivity contribution in [1.29, 1.82) is 0 Å². The molecule has 0 spiro atoms. The minimum atomic E-state index is -2.21. The van der Waals surface area contributed by atoms with Crippen molar-refractivity contribution < 1.29 is 0 Å². The molecule has 0 atom stereocenters. The lowest BCUT2D eigenvalue weighted by molar-refractivity contribution is 0.529. The summed E-state index contributed by atoms with van der Waals surface area (Å²) in [5.74, 6) is 0. The summed E-state index contributed by atoms with van der Waals surface area (Å²) >= 11 is 12.9. The third-order valence-electron chi connectivity index (χ3n) is 6.14. The topological polar surface area (TPSA) is 0 Å². The van der Waals surface area contributed by atoms with E-state index >= 15 is 0 Å². The summed E-state index contributed by atoms with van der Waals surface area (Å²) in [5, 5.41) is 1.15. The normalized spacial score (nSPS) is 11.9. The first kappa shape index (κ1) is 27.1. The smallest absolute Gasteiger partial charge is 0.140 e. The van der Waals surface area contributed by atoms with Crippen molar-refractivity contribution in [3.63, 3.8) is 0 Å². The van der Waals surface area contributed by atoms with E-state index in [1.165, 1.54) is 115 Å². The van der Waals surface area contributed by atoms with E-state index in [1.807, 2.05) is 0 Å². The Labute approximate surface area is 192 Å². The van der Waals surface area contributed by atoms with Gasteiger partial charge in [0.05, 0.1) is 0 Å². The molecule has 0 aliphatic heterocycles. The van der Waals surface area contributed by atoms with E-state index in [4.69, 9.17) is 22.2 Å². The molecule has 0 heterocycles. The van der Waals surface area contributed by atoms with Crippen LogP contribution in [0.5, 0.6) is 0 Å². The standard InChI is InChI=1S/C26H46Cl2Si/c1-3-5-6-7-8-9-10-11-12-13-14-15-16-17-18-19-20-25-21-23-26(24-22-25)29(27,28)4-2/h21-24H,3-20H2,1-2H3. The fraction of sp³-hybridized carbons (Fsp3) is 0.769. The first-order valence-corrected chi connectivity index (χ1v) is 16.8. The Kier molecular flexibility index (Phi) is 16.5. The zero-order valence-corrected chi connectivity index (χ0v) is 21.8. The van der Waals surface area contributed by atoms with Gasteiger partial charge in [0.25, 0.3) is 6.69 Å². The predicted molar refractivity (Wildman–Crippen MR) is 137 cm³/mol. The van der Waals surface area contributed by atoms with Crippen molar-refractivity contribution >= 4 is 34.0 Å². The fourth-order valence-electron chi connectivity index (χ4n) is 4.00. The summed E-state index contributed by atoms with van der Waals surface area (Å²) in [6, 6.07) is 9.62. The molecule has 0 aromatic heterocycles. The maximum absolute atomic E-state index is 6.45. The van der Waals surface area contributed by atoms with Crippen LogP contribution >= 0.6 is 22.2 Å². The molecule has 1 aromatic rings. The van der Waals surface area contributed by atoms with Crippen LogP contribution in [0.2, 0.25) is 6.04 Å². The Morgan fingerprint density at radius 2 is 0.931 bits per heavy atom. The van der Waals surface area contributed by atoms with Gasteiger partial charge in [-0.05, 0) is 29.6 Å². The van der Waals surface area contributed by atoms with Gasteiger partial charge in [-0.25, -0.2) is 0 Å². The average molecular weight is 458 g/mol. The van der Waals surface area contributed by atoms with E-state index in [0.29, 0.717) is 0 Å². The largest absolute Gasteiger partial charge is 0.280 e. The van der Waals surface area contributed by atoms with Gasteiger partial charge in [-0.3, -0.25) is 0 Å². The van der Waals surface area contributed by atoms with E-state index in [0.717, 1.165) is 11.2 Å². The molecular weight excluding hydrogens is 411 g/mol. The monoisotopic (exact) mass is 456 g/mol. The predicted octanol–water partition coefficient (Wildman–Crippen LogP) is 9.64. The second-order valence-corrected chi connectivity index (χ2v) is 16.0. The molecule has 0 saturated carbocycles. The van der Waals surface area contributed by atoms with Crippen LogP contribution in [0, 0.1) is 0 Å². The van der Waals surface area contributed by atoms with Crippen LogP contribution in [0.1, 0.15) is 122 Å². The SMILES string of the molecule is CCCCCCCCCCCCCCCCCCc1ccc([Si](Cl)(Cl)CC)cc1. The first-order chi connectivity index (χ1) is 14.1. The fourth-order valence-corrected chi connectivity index (χ4v) is 5.82. The minimum absolute atomic E-state index is 0.870. The first-order valence-electron chi connectivity index (χ1n) is 12.6. The molecule has 0 radical (unpaired) electrons. The molecule has 0 bridgehead atoms. The molecule has 0 aliphatic rings. The van der Waals surface area contributed by atoms with Gasteiger partial charge < -0.3 is 0 Å². The molecule has 0 aliphatic carbocycles. The zero-order valence-electron chi connectivity index (χ0n) is 19.3. The number of hydrogen-bond acceptors (Lipinski definition) is 0. The minimum Gasteiger partial charge on any atom is -0.140 e. The van der Waals surface area contributed by atoms with Gasteiger partial charge in [0, 0.05) is 0 Å². The molecule has 0 amide bonds. The van der Waals surface area contributed by atoms with Crippen molar-refractivity contribution in [2.75, 3.05) is 0 Å². The second kappa shape index (κ2) is 17.7. The Morgan fingerprint density at radius 3 is 1.31 bits per heavy atom. The number of unbranched alkanes of at least 4 members (excludes halogenated alkanes) is 15. The lowest BCUT2D eigenvalue weighted by Gasteiger charge is -2.14. The molecule has 0 nitrogen and oxygen atoms in total. The molecule has 168 valence electrons. The van der Waals surface area contributed by atoms with Crippen LogP contribution < -0.4 is 5.19 Å². The van der Waals surface area contributed by atoms with Gasteiger partial charge in [0.2, 0.25) is 0 Å². The van der Waals surface area contributed by atoms with Crippen LogP contribution in [0.4, 0.5) is 0 Å². The maximum Gasteiger partial charge on any atom is 0.280 e. The maximum atomic E-state index is 6.45. The van der Waals surface area contributed by atoms with Crippen LogP contribution in [0.15, 0.2) is 24.3 Å². The van der Waals surface area contributed by atoms with Gasteiger partial charge in [0.15, 0.2) is 0 Å². The average Bonchev–Trinajstić information content (AvgIpc) is 2.73. The lowest BCUT2D eigenvalue weighted by atomic mass is 10.0. The van der Waals surface area contributed by atoms with Gasteiger partial charge >= 0.3 is 0 Å². The highest BCUT2D eigenvalue weighted by atomic mass is 35.7. The number of hydrogen-bond donors (Lipinski definition) is 0. The molecule has 0 N–H and O–H groups in total. The molecule has 1 rings (SSSR count). The van der Waals surface area contributed by atoms with E-state index in [1.54, 1.807) is 0 Å². The molecule has 3 heteroatoms. The van der Waals surface area contributed by atoms with Crippen LogP contribution in [0.25, 0.3) is 0 Å². The number of rotatable bonds is 19. The quantitative estimate of drug-likeness (QED) is 0.110. The summed E-state index contributed by atoms with van der Waals surface area (Å²) in [6.07, 6.45) is 24.0. The van der Waals surface area contributed by atoms with Crippen molar-refractivity contribution in [3.05, 3.63) is 29.8 Å². The summed E-state index contributed by atoms with van der Waals surface area (Å²) in [4.78, 5) is 0. The van der Waals surface area contributed by atoms with Crippen LogP contribution in [-0.4, -0.2) is 6.69 Å². The Bertz CT molecular complexity index is 484. The van der Waals surface area contributed by atoms with Crippen molar-refractivity contribution in [2.24, 2.45) is 0 Å². The van der Waals surface area contributed by atoms with Gasteiger partial charge in [0.1, 0.15) is 0 Å². The number of halogens is 2. The highest BCUT2D eigenvalue weighted by Gasteiger charge is 2.28. The molecule has 0 fully saturated rings. The van der Waals surface area contributed by atoms with Gasteiger partial charge in [-0.2, -0.15) is 0 Å². The molecule has 0 saturated heterocycles. The van der Waals surface area contributed by atoms with E-state index < -0.39 is 6.69 Å². The third kappa shape index (κ3) is 13.8. The number of aryl methyl sites for hydroxylation is 1.